The first-order valence-electron chi connectivity index (χ1n) is 4.41. The molecule has 1 aliphatic heterocycles. The van der Waals surface area contributed by atoms with Crippen LogP contribution in [-0.2, 0) is 4.79 Å². The number of pyridine rings is 1. The first-order valence-corrected chi connectivity index (χ1v) is 5.20. The van der Waals surface area contributed by atoms with Crippen LogP contribution < -0.4 is 10.2 Å². The number of nitrogens with one attached hydrogen (secondary N) is 1. The molecule has 2 rings (SSSR count). The SMILES string of the molecule is CCN1CC(=O)Nc2cc(Br)cnc21. The fraction of sp³-hybridized carbons (Fsp3) is 0.333. The van der Waals surface area contributed by atoms with Crippen LogP contribution in [0.4, 0.5) is 11.5 Å². The normalized spacial score (nSPS) is 15.0. The van der Waals surface area contributed by atoms with Crippen molar-refractivity contribution in [2.75, 3.05) is 23.3 Å². The van der Waals surface area contributed by atoms with E-state index in [0.717, 1.165) is 22.5 Å². The van der Waals surface area contributed by atoms with Crippen LogP contribution in [0.2, 0.25) is 0 Å². The Bertz CT molecular complexity index is 380. The second-order valence-electron chi connectivity index (χ2n) is 3.09. The number of rotatable bonds is 1. The van der Waals surface area contributed by atoms with Gasteiger partial charge in [0.05, 0.1) is 12.2 Å². The Kier molecular flexibility index (Phi) is 2.41. The van der Waals surface area contributed by atoms with Crippen molar-refractivity contribution in [1.82, 2.24) is 4.98 Å². The van der Waals surface area contributed by atoms with Crippen LogP contribution in [-0.4, -0.2) is 24.0 Å². The number of fused-ring (bicyclic) bond motifs is 1. The van der Waals surface area contributed by atoms with Gasteiger partial charge < -0.3 is 10.2 Å². The topological polar surface area (TPSA) is 45.2 Å². The van der Waals surface area contributed by atoms with Gasteiger partial charge in [0, 0.05) is 17.2 Å². The summed E-state index contributed by atoms with van der Waals surface area (Å²) < 4.78 is 0.870. The van der Waals surface area contributed by atoms with Gasteiger partial charge >= 0.3 is 0 Å². The highest BCUT2D eigenvalue weighted by Gasteiger charge is 2.21. The van der Waals surface area contributed by atoms with Gasteiger partial charge in [0.15, 0.2) is 5.82 Å². The van der Waals surface area contributed by atoms with Crippen molar-refractivity contribution in [2.24, 2.45) is 0 Å². The molecule has 5 heteroatoms. The zero-order valence-corrected chi connectivity index (χ0v) is 9.34. The van der Waals surface area contributed by atoms with Crippen molar-refractivity contribution in [3.63, 3.8) is 0 Å². The lowest BCUT2D eigenvalue weighted by Crippen LogP contribution is -2.38. The van der Waals surface area contributed by atoms with E-state index < -0.39 is 0 Å². The highest BCUT2D eigenvalue weighted by molar-refractivity contribution is 9.10. The van der Waals surface area contributed by atoms with Crippen LogP contribution in [0.1, 0.15) is 6.92 Å². The Hall–Kier alpha value is -1.10. The molecule has 1 N–H and O–H groups in total. The molecule has 0 spiro atoms. The van der Waals surface area contributed by atoms with E-state index in [1.165, 1.54) is 0 Å². The molecule has 0 bridgehead atoms. The van der Waals surface area contributed by atoms with Crippen LogP contribution in [0.25, 0.3) is 0 Å². The van der Waals surface area contributed by atoms with Crippen molar-refractivity contribution in [3.8, 4) is 0 Å². The first kappa shape index (κ1) is 9.45. The second kappa shape index (κ2) is 3.57. The molecule has 4 nitrogen and oxygen atoms in total. The lowest BCUT2D eigenvalue weighted by Gasteiger charge is -2.28. The maximum Gasteiger partial charge on any atom is 0.244 e. The summed E-state index contributed by atoms with van der Waals surface area (Å²) in [6.45, 7) is 3.18. The van der Waals surface area contributed by atoms with E-state index in [2.05, 4.69) is 26.2 Å². The van der Waals surface area contributed by atoms with Gasteiger partial charge in [-0.05, 0) is 28.9 Å². The summed E-state index contributed by atoms with van der Waals surface area (Å²) in [5, 5.41) is 2.79. The Morgan fingerprint density at radius 3 is 3.21 bits per heavy atom. The highest BCUT2D eigenvalue weighted by atomic mass is 79.9. The summed E-state index contributed by atoms with van der Waals surface area (Å²) in [6.07, 6.45) is 1.74. The lowest BCUT2D eigenvalue weighted by atomic mass is 10.3. The molecule has 2 heterocycles. The van der Waals surface area contributed by atoms with Gasteiger partial charge in [-0.3, -0.25) is 4.79 Å². The molecule has 1 aromatic heterocycles. The number of aromatic nitrogens is 1. The minimum absolute atomic E-state index is 0.0132. The molecule has 1 aliphatic rings. The average Bonchev–Trinajstić information content (AvgIpc) is 2.15. The fourth-order valence-electron chi connectivity index (χ4n) is 1.48. The number of hydrogen-bond donors (Lipinski definition) is 1. The zero-order valence-electron chi connectivity index (χ0n) is 7.75. The molecule has 1 aromatic rings. The Labute approximate surface area is 90.4 Å². The summed E-state index contributed by atoms with van der Waals surface area (Å²) >= 11 is 3.32. The molecule has 0 aliphatic carbocycles. The maximum atomic E-state index is 11.3. The third-order valence-electron chi connectivity index (χ3n) is 2.12. The quantitative estimate of drug-likeness (QED) is 0.830. The van der Waals surface area contributed by atoms with E-state index in [9.17, 15) is 4.79 Å². The van der Waals surface area contributed by atoms with E-state index in [0.29, 0.717) is 6.54 Å². The summed E-state index contributed by atoms with van der Waals surface area (Å²) in [4.78, 5) is 17.5. The molecule has 0 aromatic carbocycles. The number of halogens is 1. The minimum Gasteiger partial charge on any atom is -0.346 e. The molecular weight excluding hydrogens is 246 g/mol. The standard InChI is InChI=1S/C9H10BrN3O/c1-2-13-5-8(14)12-7-3-6(10)4-11-9(7)13/h3-4H,2,5H2,1H3,(H,12,14). The summed E-state index contributed by atoms with van der Waals surface area (Å²) in [6, 6.07) is 1.86. The van der Waals surface area contributed by atoms with Gasteiger partial charge in [-0.25, -0.2) is 4.98 Å². The third-order valence-corrected chi connectivity index (χ3v) is 2.56. The number of amides is 1. The van der Waals surface area contributed by atoms with Crippen LogP contribution >= 0.6 is 15.9 Å². The third kappa shape index (κ3) is 1.59. The summed E-state index contributed by atoms with van der Waals surface area (Å²) in [5.74, 6) is 0.856. The van der Waals surface area contributed by atoms with Crippen LogP contribution in [0.15, 0.2) is 16.7 Å². The van der Waals surface area contributed by atoms with E-state index in [4.69, 9.17) is 0 Å². The number of hydrogen-bond acceptors (Lipinski definition) is 3. The molecule has 0 radical (unpaired) electrons. The van der Waals surface area contributed by atoms with E-state index >= 15 is 0 Å². The van der Waals surface area contributed by atoms with Gasteiger partial charge in [-0.1, -0.05) is 0 Å². The molecular formula is C9H10BrN3O. The molecule has 74 valence electrons. The van der Waals surface area contributed by atoms with Crippen LogP contribution in [0.5, 0.6) is 0 Å². The zero-order chi connectivity index (χ0) is 10.1. The predicted molar refractivity (Wildman–Crippen MR) is 58.5 cm³/mol. The molecule has 0 saturated carbocycles. The average molecular weight is 256 g/mol. The highest BCUT2D eigenvalue weighted by Crippen LogP contribution is 2.28. The van der Waals surface area contributed by atoms with E-state index in [1.807, 2.05) is 17.9 Å². The van der Waals surface area contributed by atoms with Crippen LogP contribution in [0.3, 0.4) is 0 Å². The van der Waals surface area contributed by atoms with E-state index in [1.54, 1.807) is 6.20 Å². The number of anilines is 2. The van der Waals surface area contributed by atoms with Crippen molar-refractivity contribution in [1.29, 1.82) is 0 Å². The van der Waals surface area contributed by atoms with Crippen molar-refractivity contribution in [3.05, 3.63) is 16.7 Å². The summed E-state index contributed by atoms with van der Waals surface area (Å²) in [5.41, 5.74) is 0.775. The van der Waals surface area contributed by atoms with Gasteiger partial charge in [0.2, 0.25) is 5.91 Å². The first-order chi connectivity index (χ1) is 6.70. The Morgan fingerprint density at radius 2 is 2.50 bits per heavy atom. The summed E-state index contributed by atoms with van der Waals surface area (Å²) in [7, 11) is 0. The molecule has 0 unspecified atom stereocenters. The number of nitrogens with zero attached hydrogens (tertiary/aromatic N) is 2. The maximum absolute atomic E-state index is 11.3. The van der Waals surface area contributed by atoms with E-state index in [-0.39, 0.29) is 5.91 Å². The predicted octanol–water partition coefficient (Wildman–Crippen LogP) is 1.62. The number of carbonyl (C=O) groups is 1. The van der Waals surface area contributed by atoms with Gasteiger partial charge in [0.1, 0.15) is 0 Å². The second-order valence-corrected chi connectivity index (χ2v) is 4.00. The van der Waals surface area contributed by atoms with Crippen molar-refractivity contribution >= 4 is 33.3 Å². The Morgan fingerprint density at radius 1 is 1.71 bits per heavy atom. The lowest BCUT2D eigenvalue weighted by molar-refractivity contribution is -0.115. The molecule has 14 heavy (non-hydrogen) atoms. The van der Waals surface area contributed by atoms with Gasteiger partial charge in [-0.15, -0.1) is 0 Å². The largest absolute Gasteiger partial charge is 0.346 e. The number of likely N-dealkylation sites (N-methyl/N-ethyl adjacent to an activating group) is 1. The number of carbonyl (C=O) groups excluding carboxylic acids is 1. The van der Waals surface area contributed by atoms with Gasteiger partial charge in [-0.2, -0.15) is 0 Å². The van der Waals surface area contributed by atoms with Crippen molar-refractivity contribution in [2.45, 2.75) is 6.92 Å². The fourth-order valence-corrected chi connectivity index (χ4v) is 1.81. The minimum atomic E-state index is 0.0132. The molecule has 1 amide bonds. The van der Waals surface area contributed by atoms with Crippen molar-refractivity contribution < 1.29 is 4.79 Å². The molecule has 0 saturated heterocycles. The molecule has 0 fully saturated rings. The smallest absolute Gasteiger partial charge is 0.244 e. The van der Waals surface area contributed by atoms with Crippen LogP contribution in [0, 0.1) is 0 Å². The van der Waals surface area contributed by atoms with Gasteiger partial charge in [0.25, 0.3) is 0 Å². The monoisotopic (exact) mass is 255 g/mol. The molecule has 0 atom stereocenters. The Balaban J connectivity index is 2.45.